The molecule has 6 nitrogen and oxygen atoms in total. The number of hydrogen-bond acceptors (Lipinski definition) is 7. The molecule has 2 atom stereocenters. The minimum atomic E-state index is -1.23. The number of carbonyl (C=O) groups is 2. The Balaban J connectivity index is 1.44. The molecule has 0 radical (unpaired) electrons. The summed E-state index contributed by atoms with van der Waals surface area (Å²) in [6, 6.07) is 21.7. The van der Waals surface area contributed by atoms with Crippen LogP contribution < -0.4 is 4.74 Å². The number of piperidine rings is 1. The van der Waals surface area contributed by atoms with Crippen molar-refractivity contribution in [2.24, 2.45) is 0 Å². The smallest absolute Gasteiger partial charge is 0.248 e. The zero-order valence-electron chi connectivity index (χ0n) is 19.8. The van der Waals surface area contributed by atoms with E-state index in [2.05, 4.69) is 4.98 Å². The monoisotopic (exact) mass is 557 g/mol. The van der Waals surface area contributed by atoms with E-state index in [0.717, 1.165) is 16.3 Å². The van der Waals surface area contributed by atoms with Crippen LogP contribution in [0.3, 0.4) is 0 Å². The van der Waals surface area contributed by atoms with Gasteiger partial charge in [-0.15, -0.1) is 0 Å². The maximum Gasteiger partial charge on any atom is 0.248 e. The van der Waals surface area contributed by atoms with E-state index in [4.69, 9.17) is 34.1 Å². The molecule has 1 fully saturated rings. The Morgan fingerprint density at radius 2 is 1.87 bits per heavy atom. The third kappa shape index (κ3) is 4.05. The van der Waals surface area contributed by atoms with E-state index in [1.54, 1.807) is 54.9 Å². The lowest BCUT2D eigenvalue weighted by molar-refractivity contribution is -0.142. The Labute approximate surface area is 233 Å². The first-order chi connectivity index (χ1) is 18.5. The summed E-state index contributed by atoms with van der Waals surface area (Å²) < 4.78 is 7.55. The fourth-order valence-corrected chi connectivity index (χ4v) is 6.33. The standard InChI is InChI=1S/C29H20ClN3O3S2/c30-22-7-2-1-6-21(22)27-23(34)15-29(33(37)28(27)35,19-12-14-38-17-19)25-9-4-10-26(32-25)36-24-8-3-5-18-16-31-13-11-20(18)24/h1-14,16-17,27,37H,15H2. The largest absolute Gasteiger partial charge is 0.438 e. The van der Waals surface area contributed by atoms with Gasteiger partial charge in [-0.1, -0.05) is 60.8 Å². The Hall–Kier alpha value is -3.72. The molecule has 38 heavy (non-hydrogen) atoms. The Morgan fingerprint density at radius 1 is 1.03 bits per heavy atom. The molecule has 1 aliphatic heterocycles. The number of pyridine rings is 2. The predicted octanol–water partition coefficient (Wildman–Crippen LogP) is 6.81. The van der Waals surface area contributed by atoms with Crippen LogP contribution in [0.4, 0.5) is 0 Å². The molecule has 4 heterocycles. The van der Waals surface area contributed by atoms with Crippen LogP contribution in [-0.4, -0.2) is 26.0 Å². The SMILES string of the molecule is O=C1CC(c2ccsc2)(c2cccc(Oc3cccc4cnccc34)n2)N(S)C(=O)C1c1ccccc1Cl. The Bertz CT molecular complexity index is 1670. The normalized spacial score (nSPS) is 19.6. The maximum absolute atomic E-state index is 13.8. The van der Waals surface area contributed by atoms with E-state index in [-0.39, 0.29) is 12.2 Å². The van der Waals surface area contributed by atoms with E-state index in [1.807, 2.05) is 41.1 Å². The van der Waals surface area contributed by atoms with Crippen LogP contribution in [0.25, 0.3) is 10.8 Å². The summed E-state index contributed by atoms with van der Waals surface area (Å²) in [7, 11) is 0. The molecule has 1 aliphatic rings. The number of hydrogen-bond donors (Lipinski definition) is 1. The van der Waals surface area contributed by atoms with Crippen LogP contribution in [0.2, 0.25) is 5.02 Å². The molecule has 0 saturated carbocycles. The van der Waals surface area contributed by atoms with Crippen molar-refractivity contribution in [2.45, 2.75) is 17.9 Å². The maximum atomic E-state index is 13.8. The average molecular weight is 558 g/mol. The molecular weight excluding hydrogens is 538 g/mol. The lowest BCUT2D eigenvalue weighted by atomic mass is 9.75. The summed E-state index contributed by atoms with van der Waals surface area (Å²) in [4.78, 5) is 36.5. The van der Waals surface area contributed by atoms with E-state index in [9.17, 15) is 9.59 Å². The lowest BCUT2D eigenvalue weighted by Gasteiger charge is -2.45. The van der Waals surface area contributed by atoms with Crippen molar-refractivity contribution in [3.05, 3.63) is 118 Å². The van der Waals surface area contributed by atoms with E-state index in [1.165, 1.54) is 15.6 Å². The predicted molar refractivity (Wildman–Crippen MR) is 151 cm³/mol. The number of halogens is 1. The number of rotatable bonds is 5. The van der Waals surface area contributed by atoms with Gasteiger partial charge in [-0.2, -0.15) is 11.3 Å². The van der Waals surface area contributed by atoms with Crippen LogP contribution >= 0.6 is 35.8 Å². The van der Waals surface area contributed by atoms with E-state index < -0.39 is 17.4 Å². The number of fused-ring (bicyclic) bond motifs is 1. The highest BCUT2D eigenvalue weighted by molar-refractivity contribution is 7.78. The second kappa shape index (κ2) is 9.87. The molecule has 3 aromatic heterocycles. The second-order valence-electron chi connectivity index (χ2n) is 8.94. The molecule has 1 amide bonds. The first-order valence-corrected chi connectivity index (χ1v) is 13.5. The number of thiophene rings is 1. The van der Waals surface area contributed by atoms with Gasteiger partial charge in [-0.3, -0.25) is 18.9 Å². The number of amides is 1. The van der Waals surface area contributed by atoms with Gasteiger partial charge in [0, 0.05) is 40.7 Å². The van der Waals surface area contributed by atoms with Gasteiger partial charge in [0.25, 0.3) is 0 Å². The molecule has 0 aliphatic carbocycles. The molecule has 5 aromatic rings. The van der Waals surface area contributed by atoms with Crippen molar-refractivity contribution in [1.82, 2.24) is 14.3 Å². The topological polar surface area (TPSA) is 72.4 Å². The molecule has 2 aromatic carbocycles. The van der Waals surface area contributed by atoms with Crippen molar-refractivity contribution in [3.8, 4) is 11.6 Å². The number of nitrogens with zero attached hydrogens (tertiary/aromatic N) is 3. The number of Topliss-reactive ketones (excluding diaryl/α,β-unsaturated/α-hetero) is 1. The highest BCUT2D eigenvalue weighted by Crippen LogP contribution is 2.48. The summed E-state index contributed by atoms with van der Waals surface area (Å²) in [5.41, 5.74) is 0.469. The van der Waals surface area contributed by atoms with Gasteiger partial charge >= 0.3 is 0 Å². The van der Waals surface area contributed by atoms with Gasteiger partial charge in [0.05, 0.1) is 5.69 Å². The lowest BCUT2D eigenvalue weighted by Crippen LogP contribution is -2.54. The number of thiol groups is 1. The van der Waals surface area contributed by atoms with Crippen molar-refractivity contribution in [3.63, 3.8) is 0 Å². The molecule has 0 N–H and O–H groups in total. The molecule has 188 valence electrons. The molecule has 1 saturated heterocycles. The first kappa shape index (κ1) is 24.6. The van der Waals surface area contributed by atoms with Gasteiger partial charge in [0.2, 0.25) is 11.8 Å². The van der Waals surface area contributed by atoms with Gasteiger partial charge in [0.1, 0.15) is 17.2 Å². The second-order valence-corrected chi connectivity index (χ2v) is 10.5. The van der Waals surface area contributed by atoms with Crippen molar-refractivity contribution < 1.29 is 14.3 Å². The van der Waals surface area contributed by atoms with E-state index >= 15 is 0 Å². The third-order valence-corrected chi connectivity index (χ3v) is 8.35. The van der Waals surface area contributed by atoms with Crippen molar-refractivity contribution in [1.29, 1.82) is 0 Å². The fraction of sp³-hybridized carbons (Fsp3) is 0.103. The van der Waals surface area contributed by atoms with Crippen LogP contribution in [0.1, 0.15) is 29.2 Å². The van der Waals surface area contributed by atoms with Crippen LogP contribution in [0.15, 0.2) is 96.0 Å². The van der Waals surface area contributed by atoms with Crippen LogP contribution in [0.5, 0.6) is 11.6 Å². The zero-order chi connectivity index (χ0) is 26.3. The summed E-state index contributed by atoms with van der Waals surface area (Å²) in [6.45, 7) is 0. The highest BCUT2D eigenvalue weighted by atomic mass is 35.5. The number of benzene rings is 2. The molecule has 0 spiro atoms. The molecule has 9 heteroatoms. The number of carbonyl (C=O) groups excluding carboxylic acids is 2. The number of ketones is 1. The summed E-state index contributed by atoms with van der Waals surface area (Å²) in [6.07, 6.45) is 3.45. The summed E-state index contributed by atoms with van der Waals surface area (Å²) in [5, 5.41) is 6.00. The zero-order valence-corrected chi connectivity index (χ0v) is 22.3. The highest BCUT2D eigenvalue weighted by Gasteiger charge is 2.53. The Kier molecular flexibility index (Phi) is 6.39. The summed E-state index contributed by atoms with van der Waals surface area (Å²) >= 11 is 12.6. The average Bonchev–Trinajstić information content (AvgIpc) is 3.48. The van der Waals surface area contributed by atoms with E-state index in [0.29, 0.717) is 27.9 Å². The number of aromatic nitrogens is 2. The van der Waals surface area contributed by atoms with Gasteiger partial charge in [-0.25, -0.2) is 4.98 Å². The minimum absolute atomic E-state index is 0.0226. The third-order valence-electron chi connectivity index (χ3n) is 6.79. The van der Waals surface area contributed by atoms with Crippen molar-refractivity contribution >= 4 is 58.2 Å². The van der Waals surface area contributed by atoms with Gasteiger partial charge in [-0.05, 0) is 52.2 Å². The van der Waals surface area contributed by atoms with Crippen molar-refractivity contribution in [2.75, 3.05) is 0 Å². The molecule has 0 bridgehead atoms. The molecular formula is C29H20ClN3O3S2. The first-order valence-electron chi connectivity index (χ1n) is 11.8. The quantitative estimate of drug-likeness (QED) is 0.190. The van der Waals surface area contributed by atoms with Gasteiger partial charge < -0.3 is 4.74 Å². The number of ether oxygens (including phenoxy) is 1. The molecule has 2 unspecified atom stereocenters. The summed E-state index contributed by atoms with van der Waals surface area (Å²) in [5.74, 6) is -0.808. The fourth-order valence-electron chi connectivity index (χ4n) is 4.96. The van der Waals surface area contributed by atoms with Gasteiger partial charge in [0.15, 0.2) is 5.78 Å². The van der Waals surface area contributed by atoms with Crippen LogP contribution in [-0.2, 0) is 15.1 Å². The van der Waals surface area contributed by atoms with Crippen LogP contribution in [0, 0.1) is 0 Å². The Morgan fingerprint density at radius 3 is 2.68 bits per heavy atom. The molecule has 6 rings (SSSR count). The minimum Gasteiger partial charge on any atom is -0.438 e.